The molecule has 5 nitrogen and oxygen atoms in total. The lowest BCUT2D eigenvalue weighted by Gasteiger charge is -2.20. The zero-order valence-corrected chi connectivity index (χ0v) is 11.1. The van der Waals surface area contributed by atoms with Crippen LogP contribution < -0.4 is 5.73 Å². The molecule has 0 aliphatic carbocycles. The van der Waals surface area contributed by atoms with Crippen molar-refractivity contribution in [1.29, 1.82) is 0 Å². The highest BCUT2D eigenvalue weighted by atomic mass is 16.4. The van der Waals surface area contributed by atoms with E-state index in [0.29, 0.717) is 12.3 Å². The molecule has 0 radical (unpaired) electrons. The van der Waals surface area contributed by atoms with Crippen LogP contribution in [0.3, 0.4) is 0 Å². The van der Waals surface area contributed by atoms with Gasteiger partial charge in [-0.25, -0.2) is 0 Å². The van der Waals surface area contributed by atoms with Crippen LogP contribution in [0, 0.1) is 5.92 Å². The smallest absolute Gasteiger partial charge is 0.139 e. The quantitative estimate of drug-likeness (QED) is 0.228. The molecule has 1 atom stereocenters. The zero-order valence-electron chi connectivity index (χ0n) is 11.1. The van der Waals surface area contributed by atoms with Gasteiger partial charge in [0.2, 0.25) is 0 Å². The van der Waals surface area contributed by atoms with Crippen LogP contribution in [0.15, 0.2) is 5.16 Å². The van der Waals surface area contributed by atoms with Gasteiger partial charge >= 0.3 is 0 Å². The highest BCUT2D eigenvalue weighted by molar-refractivity contribution is 5.79. The summed E-state index contributed by atoms with van der Waals surface area (Å²) in [6, 6.07) is 0. The first-order valence-electron chi connectivity index (χ1n) is 6.45. The van der Waals surface area contributed by atoms with Gasteiger partial charge < -0.3 is 20.7 Å². The zero-order chi connectivity index (χ0) is 12.7. The molecule has 1 saturated heterocycles. The average Bonchev–Trinajstić information content (AvgIpc) is 2.69. The Bertz CT molecular complexity index is 245. The van der Waals surface area contributed by atoms with E-state index >= 15 is 0 Å². The van der Waals surface area contributed by atoms with Gasteiger partial charge in [-0.15, -0.1) is 0 Å². The topological polar surface area (TPSA) is 65.1 Å². The summed E-state index contributed by atoms with van der Waals surface area (Å²) in [6.45, 7) is 4.75. The maximum atomic E-state index is 8.41. The number of amidine groups is 1. The maximum absolute atomic E-state index is 8.41. The first-order chi connectivity index (χ1) is 8.11. The highest BCUT2D eigenvalue weighted by Gasteiger charge is 2.20. The van der Waals surface area contributed by atoms with Crippen LogP contribution >= 0.6 is 0 Å². The lowest BCUT2D eigenvalue weighted by atomic mass is 10.1. The minimum atomic E-state index is 0.338. The first-order valence-corrected chi connectivity index (χ1v) is 6.45. The molecular weight excluding hydrogens is 216 g/mol. The average molecular weight is 242 g/mol. The second-order valence-corrected chi connectivity index (χ2v) is 5.23. The van der Waals surface area contributed by atoms with Crippen molar-refractivity contribution in [3.63, 3.8) is 0 Å². The molecule has 1 unspecified atom stereocenters. The Balaban J connectivity index is 2.03. The summed E-state index contributed by atoms with van der Waals surface area (Å²) in [7, 11) is 4.37. The van der Waals surface area contributed by atoms with E-state index in [2.05, 4.69) is 29.1 Å². The fraction of sp³-hybridized carbons (Fsp3) is 0.917. The van der Waals surface area contributed by atoms with Crippen molar-refractivity contribution in [1.82, 2.24) is 9.80 Å². The molecule has 1 aliphatic heterocycles. The van der Waals surface area contributed by atoms with Gasteiger partial charge in [0.05, 0.1) is 0 Å². The number of oxime groups is 1. The van der Waals surface area contributed by atoms with Gasteiger partial charge in [0, 0.05) is 19.5 Å². The van der Waals surface area contributed by atoms with Crippen molar-refractivity contribution in [2.24, 2.45) is 16.8 Å². The van der Waals surface area contributed by atoms with Crippen LogP contribution in [0.5, 0.6) is 0 Å². The molecule has 1 rings (SSSR count). The normalized spacial score (nSPS) is 22.5. The van der Waals surface area contributed by atoms with Crippen LogP contribution in [-0.2, 0) is 0 Å². The Morgan fingerprint density at radius 1 is 1.53 bits per heavy atom. The third-order valence-electron chi connectivity index (χ3n) is 3.41. The van der Waals surface area contributed by atoms with E-state index in [1.54, 1.807) is 0 Å². The molecule has 0 aromatic carbocycles. The van der Waals surface area contributed by atoms with Crippen LogP contribution in [0.25, 0.3) is 0 Å². The van der Waals surface area contributed by atoms with E-state index in [0.717, 1.165) is 25.3 Å². The minimum Gasteiger partial charge on any atom is -0.409 e. The number of nitrogens with two attached hydrogens (primary N) is 1. The van der Waals surface area contributed by atoms with Crippen molar-refractivity contribution >= 4 is 5.84 Å². The Hall–Kier alpha value is -0.810. The SMILES string of the molecule is CN(CCCCC(N)=NO)CC1CCN(C)C1. The van der Waals surface area contributed by atoms with E-state index in [1.165, 1.54) is 26.1 Å². The molecule has 0 bridgehead atoms. The standard InChI is InChI=1S/C12H26N4O/c1-15(7-4-3-5-12(13)14-17)9-11-6-8-16(2)10-11/h11,17H,3-10H2,1-2H3,(H2,13,14). The van der Waals surface area contributed by atoms with Crippen molar-refractivity contribution in [3.8, 4) is 0 Å². The fourth-order valence-electron chi connectivity index (χ4n) is 2.45. The molecule has 100 valence electrons. The first kappa shape index (κ1) is 14.3. The van der Waals surface area contributed by atoms with E-state index in [9.17, 15) is 0 Å². The molecule has 1 fully saturated rings. The van der Waals surface area contributed by atoms with Crippen LogP contribution in [0.1, 0.15) is 25.7 Å². The summed E-state index contributed by atoms with van der Waals surface area (Å²) >= 11 is 0. The molecule has 1 heterocycles. The lowest BCUT2D eigenvalue weighted by Crippen LogP contribution is -2.28. The molecule has 3 N–H and O–H groups in total. The summed E-state index contributed by atoms with van der Waals surface area (Å²) in [4.78, 5) is 4.80. The number of nitrogens with zero attached hydrogens (tertiary/aromatic N) is 3. The Morgan fingerprint density at radius 3 is 2.88 bits per heavy atom. The molecule has 0 aromatic heterocycles. The van der Waals surface area contributed by atoms with Crippen molar-refractivity contribution in [2.75, 3.05) is 40.3 Å². The van der Waals surface area contributed by atoms with Gasteiger partial charge in [0.25, 0.3) is 0 Å². The summed E-state index contributed by atoms with van der Waals surface area (Å²) in [5.41, 5.74) is 5.42. The molecular formula is C12H26N4O. The molecule has 0 spiro atoms. The van der Waals surface area contributed by atoms with Crippen molar-refractivity contribution < 1.29 is 5.21 Å². The molecule has 1 aliphatic rings. The lowest BCUT2D eigenvalue weighted by molar-refractivity contribution is 0.269. The van der Waals surface area contributed by atoms with E-state index in [-0.39, 0.29) is 0 Å². The van der Waals surface area contributed by atoms with Crippen molar-refractivity contribution in [2.45, 2.75) is 25.7 Å². The van der Waals surface area contributed by atoms with E-state index < -0.39 is 0 Å². The number of rotatable bonds is 7. The highest BCUT2D eigenvalue weighted by Crippen LogP contribution is 2.15. The maximum Gasteiger partial charge on any atom is 0.139 e. The molecule has 5 heteroatoms. The van der Waals surface area contributed by atoms with Gasteiger partial charge in [-0.1, -0.05) is 5.16 Å². The summed E-state index contributed by atoms with van der Waals surface area (Å²) in [5, 5.41) is 11.4. The number of unbranched alkanes of at least 4 members (excludes halogenated alkanes) is 1. The van der Waals surface area contributed by atoms with Crippen molar-refractivity contribution in [3.05, 3.63) is 0 Å². The summed E-state index contributed by atoms with van der Waals surface area (Å²) < 4.78 is 0. The van der Waals surface area contributed by atoms with Gasteiger partial charge in [-0.2, -0.15) is 0 Å². The van der Waals surface area contributed by atoms with E-state index in [1.807, 2.05) is 0 Å². The number of hydrogen-bond donors (Lipinski definition) is 2. The van der Waals surface area contributed by atoms with Crippen LogP contribution in [0.4, 0.5) is 0 Å². The van der Waals surface area contributed by atoms with Gasteiger partial charge in [-0.05, 0) is 52.4 Å². The van der Waals surface area contributed by atoms with Crippen LogP contribution in [0.2, 0.25) is 0 Å². The summed E-state index contributed by atoms with van der Waals surface area (Å²) in [5.74, 6) is 1.17. The largest absolute Gasteiger partial charge is 0.409 e. The number of likely N-dealkylation sites (tertiary alicyclic amines) is 1. The Labute approximate surface area is 104 Å². The minimum absolute atomic E-state index is 0.338. The second-order valence-electron chi connectivity index (χ2n) is 5.23. The predicted molar refractivity (Wildman–Crippen MR) is 70.4 cm³/mol. The Morgan fingerprint density at radius 2 is 2.29 bits per heavy atom. The third-order valence-corrected chi connectivity index (χ3v) is 3.41. The van der Waals surface area contributed by atoms with E-state index in [4.69, 9.17) is 10.9 Å². The molecule has 17 heavy (non-hydrogen) atoms. The Kier molecular flexibility index (Phi) is 6.29. The summed E-state index contributed by atoms with van der Waals surface area (Å²) in [6.07, 6.45) is 4.11. The van der Waals surface area contributed by atoms with Gasteiger partial charge in [0.1, 0.15) is 5.84 Å². The monoisotopic (exact) mass is 242 g/mol. The fourth-order valence-corrected chi connectivity index (χ4v) is 2.45. The third kappa shape index (κ3) is 5.89. The molecule has 0 aromatic rings. The molecule has 0 amide bonds. The predicted octanol–water partition coefficient (Wildman–Crippen LogP) is 0.787. The molecule has 0 saturated carbocycles. The van der Waals surface area contributed by atoms with Gasteiger partial charge in [0.15, 0.2) is 0 Å². The number of hydrogen-bond acceptors (Lipinski definition) is 4. The van der Waals surface area contributed by atoms with Gasteiger partial charge in [-0.3, -0.25) is 0 Å². The second kappa shape index (κ2) is 7.50. The van der Waals surface area contributed by atoms with Crippen LogP contribution in [-0.4, -0.2) is 61.1 Å².